The summed E-state index contributed by atoms with van der Waals surface area (Å²) >= 11 is 0. The molecule has 1 fully saturated rings. The highest BCUT2D eigenvalue weighted by molar-refractivity contribution is 5.68. The molecule has 1 amide bonds. The van der Waals surface area contributed by atoms with Crippen LogP contribution in [0.15, 0.2) is 0 Å². The molecular weight excluding hydrogens is 296 g/mol. The van der Waals surface area contributed by atoms with Gasteiger partial charge in [-0.3, -0.25) is 0 Å². The fourth-order valence-corrected chi connectivity index (χ4v) is 2.75. The number of nitrogens with one attached hydrogen (secondary N) is 1. The van der Waals surface area contributed by atoms with Gasteiger partial charge in [0.1, 0.15) is 5.60 Å². The second-order valence-electron chi connectivity index (χ2n) is 6.96. The molecule has 6 nitrogen and oxygen atoms in total. The number of hydrogen-bond acceptors (Lipinski definition) is 5. The minimum atomic E-state index is -0.462. The minimum Gasteiger partial charge on any atom is -0.444 e. The third kappa shape index (κ3) is 6.65. The van der Waals surface area contributed by atoms with E-state index in [0.717, 1.165) is 19.4 Å². The molecule has 1 rings (SSSR count). The monoisotopic (exact) mass is 330 g/mol. The molecule has 0 aliphatic heterocycles. The van der Waals surface area contributed by atoms with E-state index in [-0.39, 0.29) is 18.3 Å². The molecule has 1 aliphatic carbocycles. The van der Waals surface area contributed by atoms with Gasteiger partial charge in [-0.2, -0.15) is 0 Å². The maximum absolute atomic E-state index is 12.2. The van der Waals surface area contributed by atoms with Crippen LogP contribution in [0.5, 0.6) is 0 Å². The molecule has 0 aromatic carbocycles. The molecule has 6 heteroatoms. The Kier molecular flexibility index (Phi) is 8.29. The molecule has 0 aromatic rings. The van der Waals surface area contributed by atoms with Gasteiger partial charge < -0.3 is 24.4 Å². The van der Waals surface area contributed by atoms with Gasteiger partial charge in [0.25, 0.3) is 0 Å². The van der Waals surface area contributed by atoms with E-state index >= 15 is 0 Å². The summed E-state index contributed by atoms with van der Waals surface area (Å²) < 4.78 is 16.6. The highest BCUT2D eigenvalue weighted by Crippen LogP contribution is 2.26. The van der Waals surface area contributed by atoms with Gasteiger partial charge in [-0.1, -0.05) is 6.92 Å². The molecular formula is C17H34N2O4. The van der Waals surface area contributed by atoms with Crippen molar-refractivity contribution in [3.63, 3.8) is 0 Å². The number of methoxy groups -OCH3 is 1. The van der Waals surface area contributed by atoms with Crippen molar-refractivity contribution in [1.29, 1.82) is 0 Å². The first kappa shape index (κ1) is 20.2. The summed E-state index contributed by atoms with van der Waals surface area (Å²) in [7, 11) is 1.72. The van der Waals surface area contributed by atoms with Gasteiger partial charge >= 0.3 is 6.09 Å². The summed E-state index contributed by atoms with van der Waals surface area (Å²) in [5.74, 6) is 0. The van der Waals surface area contributed by atoms with Gasteiger partial charge in [0.15, 0.2) is 0 Å². The lowest BCUT2D eigenvalue weighted by Crippen LogP contribution is -2.60. The molecule has 23 heavy (non-hydrogen) atoms. The van der Waals surface area contributed by atoms with Crippen LogP contribution in [0.25, 0.3) is 0 Å². The molecule has 0 bridgehead atoms. The maximum Gasteiger partial charge on any atom is 0.410 e. The summed E-state index contributed by atoms with van der Waals surface area (Å²) in [4.78, 5) is 14.0. The lowest BCUT2D eigenvalue weighted by atomic mass is 9.85. The Labute approximate surface area is 140 Å². The number of carbonyl (C=O) groups excluding carboxylic acids is 1. The van der Waals surface area contributed by atoms with Gasteiger partial charge in [0.2, 0.25) is 0 Å². The molecule has 0 spiro atoms. The molecule has 3 unspecified atom stereocenters. The highest BCUT2D eigenvalue weighted by atomic mass is 16.6. The Bertz CT molecular complexity index is 357. The summed E-state index contributed by atoms with van der Waals surface area (Å²) in [6.45, 7) is 12.5. The van der Waals surface area contributed by atoms with Crippen molar-refractivity contribution < 1.29 is 19.0 Å². The third-order valence-electron chi connectivity index (χ3n) is 3.84. The fraction of sp³-hybridized carbons (Fsp3) is 0.941. The van der Waals surface area contributed by atoms with Crippen LogP contribution in [-0.4, -0.2) is 68.2 Å². The van der Waals surface area contributed by atoms with E-state index in [4.69, 9.17) is 14.2 Å². The first-order chi connectivity index (χ1) is 10.8. The Morgan fingerprint density at radius 2 is 1.96 bits per heavy atom. The lowest BCUT2D eigenvalue weighted by molar-refractivity contribution is -0.131. The van der Waals surface area contributed by atoms with Crippen LogP contribution in [0.1, 0.15) is 47.5 Å². The Morgan fingerprint density at radius 3 is 2.48 bits per heavy atom. The summed E-state index contributed by atoms with van der Waals surface area (Å²) in [6.07, 6.45) is 1.89. The van der Waals surface area contributed by atoms with E-state index in [0.29, 0.717) is 25.7 Å². The van der Waals surface area contributed by atoms with Crippen LogP contribution in [-0.2, 0) is 14.2 Å². The average Bonchev–Trinajstić information content (AvgIpc) is 2.42. The van der Waals surface area contributed by atoms with E-state index in [1.54, 1.807) is 12.0 Å². The van der Waals surface area contributed by atoms with E-state index in [1.165, 1.54) is 0 Å². The molecule has 136 valence electrons. The van der Waals surface area contributed by atoms with E-state index in [2.05, 4.69) is 12.2 Å². The normalized spacial score (nSPS) is 24.2. The summed E-state index contributed by atoms with van der Waals surface area (Å²) in [6, 6.07) is 0.290. The zero-order chi connectivity index (χ0) is 17.5. The number of rotatable bonds is 9. The van der Waals surface area contributed by atoms with Crippen molar-refractivity contribution in [3.05, 3.63) is 0 Å². The fourth-order valence-electron chi connectivity index (χ4n) is 2.75. The van der Waals surface area contributed by atoms with Crippen molar-refractivity contribution in [1.82, 2.24) is 10.2 Å². The second-order valence-corrected chi connectivity index (χ2v) is 6.96. The van der Waals surface area contributed by atoms with E-state index < -0.39 is 5.60 Å². The predicted octanol–water partition coefficient (Wildman–Crippen LogP) is 2.42. The molecule has 1 saturated carbocycles. The number of ether oxygens (including phenoxy) is 3. The summed E-state index contributed by atoms with van der Waals surface area (Å²) in [5, 5.41) is 3.46. The number of carbonyl (C=O) groups is 1. The molecule has 3 atom stereocenters. The van der Waals surface area contributed by atoms with Crippen molar-refractivity contribution in [2.45, 2.75) is 71.3 Å². The molecule has 0 heterocycles. The smallest absolute Gasteiger partial charge is 0.410 e. The van der Waals surface area contributed by atoms with Gasteiger partial charge in [-0.15, -0.1) is 0 Å². The zero-order valence-electron chi connectivity index (χ0n) is 15.6. The molecule has 0 saturated heterocycles. The Balaban J connectivity index is 2.37. The average molecular weight is 330 g/mol. The van der Waals surface area contributed by atoms with Crippen LogP contribution in [0.3, 0.4) is 0 Å². The molecule has 0 aromatic heterocycles. The van der Waals surface area contributed by atoms with Crippen LogP contribution in [0.4, 0.5) is 4.79 Å². The molecule has 1 N–H and O–H groups in total. The number of hydrogen-bond donors (Lipinski definition) is 1. The zero-order valence-corrected chi connectivity index (χ0v) is 15.6. The topological polar surface area (TPSA) is 60.0 Å². The first-order valence-corrected chi connectivity index (χ1v) is 8.68. The minimum absolute atomic E-state index is 0.0936. The standard InChI is InChI=1S/C17H34N2O4/c1-7-10-19(16(20)23-17(3,4)5)11-9-18-13-12-14(22-8-2)15(13)21-6/h13-15,18H,7-12H2,1-6H3. The van der Waals surface area contributed by atoms with E-state index in [1.807, 2.05) is 27.7 Å². The van der Waals surface area contributed by atoms with Gasteiger partial charge in [-0.25, -0.2) is 4.79 Å². The predicted molar refractivity (Wildman–Crippen MR) is 90.7 cm³/mol. The Morgan fingerprint density at radius 1 is 1.26 bits per heavy atom. The largest absolute Gasteiger partial charge is 0.444 e. The van der Waals surface area contributed by atoms with Gasteiger partial charge in [-0.05, 0) is 40.5 Å². The molecule has 1 aliphatic rings. The lowest BCUT2D eigenvalue weighted by Gasteiger charge is -2.43. The van der Waals surface area contributed by atoms with Gasteiger partial charge in [0, 0.05) is 39.4 Å². The van der Waals surface area contributed by atoms with Crippen molar-refractivity contribution in [2.24, 2.45) is 0 Å². The van der Waals surface area contributed by atoms with Crippen molar-refractivity contribution in [2.75, 3.05) is 33.4 Å². The highest BCUT2D eigenvalue weighted by Gasteiger charge is 2.41. The van der Waals surface area contributed by atoms with Gasteiger partial charge in [0.05, 0.1) is 12.2 Å². The number of nitrogens with zero attached hydrogens (tertiary/aromatic N) is 1. The van der Waals surface area contributed by atoms with Crippen molar-refractivity contribution >= 4 is 6.09 Å². The van der Waals surface area contributed by atoms with Crippen LogP contribution >= 0.6 is 0 Å². The van der Waals surface area contributed by atoms with Crippen LogP contribution < -0.4 is 5.32 Å². The Hall–Kier alpha value is -0.850. The van der Waals surface area contributed by atoms with Crippen LogP contribution in [0, 0.1) is 0 Å². The van der Waals surface area contributed by atoms with Crippen LogP contribution in [0.2, 0.25) is 0 Å². The number of amides is 1. The first-order valence-electron chi connectivity index (χ1n) is 8.68. The quantitative estimate of drug-likeness (QED) is 0.703. The molecule has 0 radical (unpaired) electrons. The summed E-state index contributed by atoms with van der Waals surface area (Å²) in [5.41, 5.74) is -0.462. The van der Waals surface area contributed by atoms with E-state index in [9.17, 15) is 4.79 Å². The second kappa shape index (κ2) is 9.45. The SMILES string of the molecule is CCCN(CCNC1CC(OCC)C1OC)C(=O)OC(C)(C)C. The third-order valence-corrected chi connectivity index (χ3v) is 3.84. The maximum atomic E-state index is 12.2. The van der Waals surface area contributed by atoms with Crippen molar-refractivity contribution in [3.8, 4) is 0 Å².